The van der Waals surface area contributed by atoms with E-state index in [1.165, 1.54) is 0 Å². The van der Waals surface area contributed by atoms with Crippen LogP contribution in [0.1, 0.15) is 25.6 Å². The van der Waals surface area contributed by atoms with Gasteiger partial charge in [-0.3, -0.25) is 5.32 Å². The smallest absolute Gasteiger partial charge is 0.161 e. The Morgan fingerprint density at radius 2 is 1.94 bits per heavy atom. The van der Waals surface area contributed by atoms with Crippen LogP contribution in [0.5, 0.6) is 11.5 Å². The lowest BCUT2D eigenvalue weighted by Gasteiger charge is -2.18. The summed E-state index contributed by atoms with van der Waals surface area (Å²) in [5.74, 6) is 1.45. The zero-order valence-electron chi connectivity index (χ0n) is 10.7. The molecule has 1 atom stereocenters. The standard InChI is InChI=1S/C13H19NO3/c1-13(2)8-14-12(17-13)9-5-6-10(15-3)11(7-9)16-4/h5-7,12,14H,8H2,1-4H3. The average Bonchev–Trinajstić information content (AvgIpc) is 2.68. The van der Waals surface area contributed by atoms with Crippen molar-refractivity contribution in [3.63, 3.8) is 0 Å². The Bertz CT molecular complexity index is 404. The molecule has 2 rings (SSSR count). The van der Waals surface area contributed by atoms with E-state index in [-0.39, 0.29) is 11.8 Å². The van der Waals surface area contributed by atoms with Gasteiger partial charge in [0.25, 0.3) is 0 Å². The Morgan fingerprint density at radius 3 is 2.47 bits per heavy atom. The van der Waals surface area contributed by atoms with Crippen LogP contribution in [0.25, 0.3) is 0 Å². The van der Waals surface area contributed by atoms with Crippen molar-refractivity contribution in [2.24, 2.45) is 0 Å². The van der Waals surface area contributed by atoms with Gasteiger partial charge in [-0.1, -0.05) is 6.07 Å². The largest absolute Gasteiger partial charge is 0.493 e. The van der Waals surface area contributed by atoms with Crippen molar-refractivity contribution in [1.29, 1.82) is 0 Å². The molecule has 0 bridgehead atoms. The minimum atomic E-state index is -0.127. The lowest BCUT2D eigenvalue weighted by Crippen LogP contribution is -2.23. The van der Waals surface area contributed by atoms with Gasteiger partial charge in [-0.25, -0.2) is 0 Å². The summed E-state index contributed by atoms with van der Waals surface area (Å²) in [5, 5.41) is 3.33. The summed E-state index contributed by atoms with van der Waals surface area (Å²) in [4.78, 5) is 0. The van der Waals surface area contributed by atoms with Crippen molar-refractivity contribution in [2.45, 2.75) is 25.7 Å². The van der Waals surface area contributed by atoms with Gasteiger partial charge < -0.3 is 14.2 Å². The molecule has 1 aromatic rings. The third-order valence-electron chi connectivity index (χ3n) is 2.86. The van der Waals surface area contributed by atoms with Gasteiger partial charge >= 0.3 is 0 Å². The van der Waals surface area contributed by atoms with E-state index >= 15 is 0 Å². The van der Waals surface area contributed by atoms with E-state index in [0.29, 0.717) is 0 Å². The molecule has 1 saturated heterocycles. The van der Waals surface area contributed by atoms with Gasteiger partial charge in [0, 0.05) is 6.54 Å². The molecule has 4 heteroatoms. The minimum absolute atomic E-state index is 0.0789. The highest BCUT2D eigenvalue weighted by Crippen LogP contribution is 2.33. The molecule has 1 N–H and O–H groups in total. The predicted octanol–water partition coefficient (Wildman–Crippen LogP) is 2.10. The van der Waals surface area contributed by atoms with E-state index in [0.717, 1.165) is 23.6 Å². The van der Waals surface area contributed by atoms with Crippen LogP contribution in [0.2, 0.25) is 0 Å². The molecule has 1 aliphatic heterocycles. The molecule has 0 saturated carbocycles. The molecular weight excluding hydrogens is 218 g/mol. The molecule has 1 unspecified atom stereocenters. The summed E-state index contributed by atoms with van der Waals surface area (Å²) in [6.45, 7) is 4.98. The normalized spacial score (nSPS) is 22.5. The van der Waals surface area contributed by atoms with Crippen molar-refractivity contribution in [1.82, 2.24) is 5.32 Å². The monoisotopic (exact) mass is 237 g/mol. The first-order chi connectivity index (χ1) is 8.05. The average molecular weight is 237 g/mol. The van der Waals surface area contributed by atoms with Gasteiger partial charge in [0.1, 0.15) is 6.23 Å². The molecular formula is C13H19NO3. The third kappa shape index (κ3) is 2.53. The fourth-order valence-corrected chi connectivity index (χ4v) is 1.94. The highest BCUT2D eigenvalue weighted by molar-refractivity contribution is 5.43. The van der Waals surface area contributed by atoms with E-state index in [4.69, 9.17) is 14.2 Å². The number of methoxy groups -OCH3 is 2. The van der Waals surface area contributed by atoms with E-state index in [1.54, 1.807) is 14.2 Å². The van der Waals surface area contributed by atoms with Crippen LogP contribution in [0.15, 0.2) is 18.2 Å². The second-order valence-corrected chi connectivity index (χ2v) is 4.75. The predicted molar refractivity (Wildman–Crippen MR) is 65.5 cm³/mol. The Balaban J connectivity index is 2.23. The Kier molecular flexibility index (Phi) is 3.26. The van der Waals surface area contributed by atoms with Crippen LogP contribution >= 0.6 is 0 Å². The number of ether oxygens (including phenoxy) is 3. The van der Waals surface area contributed by atoms with Crippen LogP contribution in [0.3, 0.4) is 0 Å². The van der Waals surface area contributed by atoms with Crippen molar-refractivity contribution in [3.05, 3.63) is 23.8 Å². The number of benzene rings is 1. The summed E-state index contributed by atoms with van der Waals surface area (Å²) >= 11 is 0. The second-order valence-electron chi connectivity index (χ2n) is 4.75. The highest BCUT2D eigenvalue weighted by atomic mass is 16.5. The first kappa shape index (κ1) is 12.2. The quantitative estimate of drug-likeness (QED) is 0.874. The van der Waals surface area contributed by atoms with E-state index in [9.17, 15) is 0 Å². The lowest BCUT2D eigenvalue weighted by molar-refractivity contribution is -0.0156. The van der Waals surface area contributed by atoms with E-state index in [1.807, 2.05) is 18.2 Å². The maximum atomic E-state index is 5.90. The fourth-order valence-electron chi connectivity index (χ4n) is 1.94. The van der Waals surface area contributed by atoms with Crippen molar-refractivity contribution >= 4 is 0 Å². The van der Waals surface area contributed by atoms with Gasteiger partial charge in [0.15, 0.2) is 11.5 Å². The molecule has 17 heavy (non-hydrogen) atoms. The lowest BCUT2D eigenvalue weighted by atomic mass is 10.1. The molecule has 94 valence electrons. The van der Waals surface area contributed by atoms with Gasteiger partial charge in [0.2, 0.25) is 0 Å². The topological polar surface area (TPSA) is 39.7 Å². The zero-order valence-corrected chi connectivity index (χ0v) is 10.7. The first-order valence-corrected chi connectivity index (χ1v) is 5.69. The number of nitrogens with one attached hydrogen (secondary N) is 1. The Morgan fingerprint density at radius 1 is 1.24 bits per heavy atom. The molecule has 0 spiro atoms. The van der Waals surface area contributed by atoms with Gasteiger partial charge in [-0.2, -0.15) is 0 Å². The van der Waals surface area contributed by atoms with Crippen molar-refractivity contribution in [3.8, 4) is 11.5 Å². The molecule has 1 aliphatic rings. The molecule has 1 fully saturated rings. The van der Waals surface area contributed by atoms with E-state index < -0.39 is 0 Å². The molecule has 1 aromatic carbocycles. The molecule has 0 radical (unpaired) electrons. The molecule has 0 aromatic heterocycles. The van der Waals surface area contributed by atoms with E-state index in [2.05, 4.69) is 19.2 Å². The molecule has 4 nitrogen and oxygen atoms in total. The maximum Gasteiger partial charge on any atom is 0.161 e. The Hall–Kier alpha value is -1.26. The highest BCUT2D eigenvalue weighted by Gasteiger charge is 2.32. The minimum Gasteiger partial charge on any atom is -0.493 e. The van der Waals surface area contributed by atoms with Crippen LogP contribution < -0.4 is 14.8 Å². The number of rotatable bonds is 3. The summed E-state index contributed by atoms with van der Waals surface area (Å²) in [6.07, 6.45) is -0.0789. The van der Waals surface area contributed by atoms with Crippen molar-refractivity contribution in [2.75, 3.05) is 20.8 Å². The maximum absolute atomic E-state index is 5.90. The first-order valence-electron chi connectivity index (χ1n) is 5.69. The van der Waals surface area contributed by atoms with Crippen LogP contribution in [0.4, 0.5) is 0 Å². The zero-order chi connectivity index (χ0) is 12.5. The summed E-state index contributed by atoms with van der Waals surface area (Å²) in [7, 11) is 3.26. The van der Waals surface area contributed by atoms with Crippen LogP contribution in [0, 0.1) is 0 Å². The number of hydrogen-bond acceptors (Lipinski definition) is 4. The second kappa shape index (κ2) is 4.55. The summed E-state index contributed by atoms with van der Waals surface area (Å²) in [5.41, 5.74) is 0.922. The van der Waals surface area contributed by atoms with Crippen LogP contribution in [-0.2, 0) is 4.74 Å². The van der Waals surface area contributed by atoms with Gasteiger partial charge in [-0.15, -0.1) is 0 Å². The van der Waals surface area contributed by atoms with Gasteiger partial charge in [-0.05, 0) is 31.5 Å². The number of hydrogen-bond donors (Lipinski definition) is 1. The third-order valence-corrected chi connectivity index (χ3v) is 2.86. The molecule has 0 amide bonds. The van der Waals surface area contributed by atoms with Crippen LogP contribution in [-0.4, -0.2) is 26.4 Å². The Labute approximate surface area is 102 Å². The summed E-state index contributed by atoms with van der Waals surface area (Å²) < 4.78 is 16.4. The molecule has 0 aliphatic carbocycles. The fraction of sp³-hybridized carbons (Fsp3) is 0.538. The molecule has 1 heterocycles. The van der Waals surface area contributed by atoms with Gasteiger partial charge in [0.05, 0.1) is 19.8 Å². The SMILES string of the molecule is COc1ccc(C2NCC(C)(C)O2)cc1OC. The van der Waals surface area contributed by atoms with Crippen molar-refractivity contribution < 1.29 is 14.2 Å². The summed E-state index contributed by atoms with van der Waals surface area (Å²) in [6, 6.07) is 5.82.